The number of likely N-dealkylation sites (N-methyl/N-ethyl adjacent to an activating group) is 1. The molecule has 2 aliphatic carbocycles. The van der Waals surface area contributed by atoms with Gasteiger partial charge >= 0.3 is 12.1 Å². The molecule has 3 aliphatic rings. The number of unbranched alkanes of at least 4 members (excludes halogenated alkanes) is 2. The second kappa shape index (κ2) is 12.9. The van der Waals surface area contributed by atoms with Crippen molar-refractivity contribution in [1.29, 1.82) is 0 Å². The van der Waals surface area contributed by atoms with Gasteiger partial charge in [0, 0.05) is 24.8 Å². The van der Waals surface area contributed by atoms with E-state index in [2.05, 4.69) is 23.3 Å². The molecule has 1 aromatic rings. The van der Waals surface area contributed by atoms with E-state index in [0.717, 1.165) is 32.2 Å². The molecule has 2 fully saturated rings. The number of ketones is 1. The van der Waals surface area contributed by atoms with Crippen LogP contribution in [-0.4, -0.2) is 61.2 Å². The van der Waals surface area contributed by atoms with E-state index in [-0.39, 0.29) is 17.1 Å². The van der Waals surface area contributed by atoms with Crippen LogP contribution in [0.1, 0.15) is 89.2 Å². The zero-order valence-corrected chi connectivity index (χ0v) is 23.5. The van der Waals surface area contributed by atoms with Crippen molar-refractivity contribution in [3.63, 3.8) is 0 Å². The largest absolute Gasteiger partial charge is 0.516 e. The number of rotatable bonds is 11. The van der Waals surface area contributed by atoms with Crippen molar-refractivity contribution in [3.05, 3.63) is 29.3 Å². The Balaban J connectivity index is 1.30. The van der Waals surface area contributed by atoms with Gasteiger partial charge in [-0.25, -0.2) is 9.59 Å². The molecule has 1 unspecified atom stereocenters. The molecule has 1 saturated carbocycles. The second-order valence-corrected chi connectivity index (χ2v) is 11.5. The van der Waals surface area contributed by atoms with Crippen LogP contribution in [-0.2, 0) is 35.7 Å². The number of carbonyl (C=O) groups is 4. The van der Waals surface area contributed by atoms with Crippen molar-refractivity contribution in [1.82, 2.24) is 10.2 Å². The van der Waals surface area contributed by atoms with Gasteiger partial charge in [0.15, 0.2) is 0 Å². The fourth-order valence-electron chi connectivity index (χ4n) is 6.99. The van der Waals surface area contributed by atoms with Crippen LogP contribution in [0, 0.1) is 5.92 Å². The third-order valence-corrected chi connectivity index (χ3v) is 8.85. The van der Waals surface area contributed by atoms with Crippen molar-refractivity contribution in [2.75, 3.05) is 20.4 Å². The highest BCUT2D eigenvalue weighted by atomic mass is 16.8. The Morgan fingerprint density at radius 3 is 2.67 bits per heavy atom. The number of ether oxygens (including phenoxy) is 3. The lowest BCUT2D eigenvalue weighted by Gasteiger charge is -2.58. The van der Waals surface area contributed by atoms with E-state index in [1.807, 2.05) is 6.07 Å². The summed E-state index contributed by atoms with van der Waals surface area (Å²) < 4.78 is 15.6. The normalized spacial score (nSPS) is 24.5. The van der Waals surface area contributed by atoms with Crippen molar-refractivity contribution in [3.8, 4) is 5.75 Å². The monoisotopic (exact) mass is 542 g/mol. The summed E-state index contributed by atoms with van der Waals surface area (Å²) in [6, 6.07) is 5.62. The molecule has 1 amide bonds. The number of Topliss-reactive ketones (excluding diaryl/α,β-unsaturated/α-hetero) is 1. The minimum atomic E-state index is -0.946. The van der Waals surface area contributed by atoms with Crippen LogP contribution < -0.4 is 10.1 Å². The SMILES string of the molecule is CC(=O)CCCCCC(NC(C)=O)C(=O)OCOC(=O)Oc1ccc2c(c1)[C@@]13CCCC[C@H]1[C@@H](C2)N(C)CC3. The highest BCUT2D eigenvalue weighted by Gasteiger charge is 2.53. The van der Waals surface area contributed by atoms with E-state index in [0.29, 0.717) is 37.0 Å². The van der Waals surface area contributed by atoms with Gasteiger partial charge in [0.1, 0.15) is 17.6 Å². The molecule has 1 N–H and O–H groups in total. The molecule has 9 nitrogen and oxygen atoms in total. The Kier molecular flexibility index (Phi) is 9.64. The van der Waals surface area contributed by atoms with E-state index in [1.54, 1.807) is 13.0 Å². The first-order valence-electron chi connectivity index (χ1n) is 14.3. The number of amides is 1. The number of nitrogens with one attached hydrogen (secondary N) is 1. The van der Waals surface area contributed by atoms with Crippen LogP contribution in [0.2, 0.25) is 0 Å². The Bertz CT molecular complexity index is 1070. The van der Waals surface area contributed by atoms with E-state index >= 15 is 0 Å². The maximum Gasteiger partial charge on any atom is 0.516 e. The summed E-state index contributed by atoms with van der Waals surface area (Å²) in [4.78, 5) is 50.0. The quantitative estimate of drug-likeness (QED) is 0.189. The molecule has 2 bridgehead atoms. The van der Waals surface area contributed by atoms with Crippen molar-refractivity contribution >= 4 is 23.8 Å². The fourth-order valence-corrected chi connectivity index (χ4v) is 6.99. The number of piperidine rings is 1. The highest BCUT2D eigenvalue weighted by molar-refractivity contribution is 5.83. The average Bonchev–Trinajstić information content (AvgIpc) is 2.89. The molecule has 0 radical (unpaired) electrons. The smallest absolute Gasteiger partial charge is 0.426 e. The molecule has 0 aromatic heterocycles. The first kappa shape index (κ1) is 29.1. The van der Waals surface area contributed by atoms with Gasteiger partial charge in [-0.05, 0) is 88.2 Å². The zero-order chi connectivity index (χ0) is 28.0. The summed E-state index contributed by atoms with van der Waals surface area (Å²) in [6.45, 7) is 3.34. The molecule has 1 heterocycles. The van der Waals surface area contributed by atoms with Crippen LogP contribution in [0.3, 0.4) is 0 Å². The van der Waals surface area contributed by atoms with Gasteiger partial charge in [-0.2, -0.15) is 0 Å². The molecule has 214 valence electrons. The van der Waals surface area contributed by atoms with Crippen LogP contribution >= 0.6 is 0 Å². The van der Waals surface area contributed by atoms with E-state index in [9.17, 15) is 19.2 Å². The summed E-state index contributed by atoms with van der Waals surface area (Å²) >= 11 is 0. The minimum Gasteiger partial charge on any atom is -0.426 e. The number of fused-ring (bicyclic) bond motifs is 1. The number of nitrogens with zero attached hydrogens (tertiary/aromatic N) is 1. The molecule has 9 heteroatoms. The standard InChI is InChI=1S/C30H42N2O7/c1-20(33)9-5-4-6-11-26(31-21(2)34)28(35)37-19-38-29(36)39-23-13-12-22-17-27-24-10-7-8-14-30(24,25(22)18-23)15-16-32(27)3/h12-13,18,24,26-27H,4-11,14-17,19H2,1-3H3,(H,31,34)/t24-,26?,27+,30+/m0/s1. The van der Waals surface area contributed by atoms with Gasteiger partial charge in [-0.15, -0.1) is 0 Å². The summed E-state index contributed by atoms with van der Waals surface area (Å²) in [5, 5.41) is 2.57. The van der Waals surface area contributed by atoms with E-state index in [4.69, 9.17) is 14.2 Å². The van der Waals surface area contributed by atoms with E-state index < -0.39 is 25.0 Å². The molecule has 1 saturated heterocycles. The van der Waals surface area contributed by atoms with Gasteiger partial charge in [0.2, 0.25) is 12.7 Å². The van der Waals surface area contributed by atoms with Gasteiger partial charge in [0.05, 0.1) is 0 Å². The number of esters is 1. The molecule has 4 rings (SSSR count). The minimum absolute atomic E-state index is 0.126. The summed E-state index contributed by atoms with van der Waals surface area (Å²) in [5.74, 6) is 0.148. The van der Waals surface area contributed by atoms with Crippen LogP contribution in [0.4, 0.5) is 4.79 Å². The Labute approximate surface area is 230 Å². The van der Waals surface area contributed by atoms with Crippen molar-refractivity contribution in [2.24, 2.45) is 5.92 Å². The molecular weight excluding hydrogens is 500 g/mol. The number of hydrogen-bond donors (Lipinski definition) is 1. The third-order valence-electron chi connectivity index (χ3n) is 8.85. The lowest BCUT2D eigenvalue weighted by Crippen LogP contribution is -2.59. The second-order valence-electron chi connectivity index (χ2n) is 11.5. The number of benzene rings is 1. The Morgan fingerprint density at radius 2 is 1.90 bits per heavy atom. The summed E-state index contributed by atoms with van der Waals surface area (Å²) in [5.41, 5.74) is 2.80. The maximum atomic E-state index is 12.5. The van der Waals surface area contributed by atoms with Gasteiger partial charge in [-0.1, -0.05) is 31.7 Å². The molecule has 0 spiro atoms. The molecule has 39 heavy (non-hydrogen) atoms. The number of hydrogen-bond acceptors (Lipinski definition) is 8. The maximum absolute atomic E-state index is 12.5. The summed E-state index contributed by atoms with van der Waals surface area (Å²) in [7, 11) is 2.24. The predicted octanol–water partition coefficient (Wildman–Crippen LogP) is 4.44. The topological polar surface area (TPSA) is 111 Å². The number of carbonyl (C=O) groups excluding carboxylic acids is 4. The molecule has 1 aliphatic heterocycles. The van der Waals surface area contributed by atoms with Crippen LogP contribution in [0.15, 0.2) is 18.2 Å². The van der Waals surface area contributed by atoms with Crippen molar-refractivity contribution in [2.45, 2.75) is 102 Å². The van der Waals surface area contributed by atoms with Crippen molar-refractivity contribution < 1.29 is 33.4 Å². The van der Waals surface area contributed by atoms with Gasteiger partial charge in [-0.3, -0.25) is 4.79 Å². The van der Waals surface area contributed by atoms with Gasteiger partial charge in [0.25, 0.3) is 0 Å². The fraction of sp³-hybridized carbons (Fsp3) is 0.667. The molecule has 1 aromatic carbocycles. The van der Waals surface area contributed by atoms with Gasteiger partial charge < -0.3 is 29.2 Å². The third kappa shape index (κ3) is 6.99. The number of likely N-dealkylation sites (tertiary alicyclic amines) is 1. The Morgan fingerprint density at radius 1 is 1.08 bits per heavy atom. The first-order valence-corrected chi connectivity index (χ1v) is 14.3. The van der Waals surface area contributed by atoms with Crippen LogP contribution in [0.5, 0.6) is 5.75 Å². The first-order chi connectivity index (χ1) is 18.7. The van der Waals surface area contributed by atoms with E-state index in [1.165, 1.54) is 43.7 Å². The van der Waals surface area contributed by atoms with Crippen LogP contribution in [0.25, 0.3) is 0 Å². The zero-order valence-electron chi connectivity index (χ0n) is 23.5. The molecule has 4 atom stereocenters. The average molecular weight is 543 g/mol. The molecular formula is C30H42N2O7. The lowest BCUT2D eigenvalue weighted by atomic mass is 9.52. The highest BCUT2D eigenvalue weighted by Crippen LogP contribution is 2.55. The lowest BCUT2D eigenvalue weighted by molar-refractivity contribution is -0.156. The Hall–Kier alpha value is -2.94. The summed E-state index contributed by atoms with van der Waals surface area (Å²) in [6.07, 6.45) is 9.10. The predicted molar refractivity (Wildman–Crippen MR) is 144 cm³/mol.